The van der Waals surface area contributed by atoms with Crippen LogP contribution < -0.4 is 14.9 Å². The maximum Gasteiger partial charge on any atom is 0.160 e. The smallest absolute Gasteiger partial charge is 0.160 e. The second-order valence-corrected chi connectivity index (χ2v) is 16.2. The van der Waals surface area contributed by atoms with Crippen molar-refractivity contribution < 1.29 is 34.7 Å². The van der Waals surface area contributed by atoms with E-state index in [1.54, 1.807) is 33.5 Å². The normalized spacial score (nSPS) is 38.0. The van der Waals surface area contributed by atoms with Crippen molar-refractivity contribution in [2.24, 2.45) is 44.8 Å². The summed E-state index contributed by atoms with van der Waals surface area (Å²) >= 11 is 0. The summed E-state index contributed by atoms with van der Waals surface area (Å²) in [4.78, 5) is 5.10. The predicted octanol–water partition coefficient (Wildman–Crippen LogP) is 6.42. The van der Waals surface area contributed by atoms with E-state index in [1.807, 2.05) is 19.2 Å². The van der Waals surface area contributed by atoms with Gasteiger partial charge < -0.3 is 40.2 Å². The van der Waals surface area contributed by atoms with E-state index in [-0.39, 0.29) is 34.5 Å². The van der Waals surface area contributed by atoms with Crippen LogP contribution in [0.25, 0.3) is 0 Å². The molecule has 50 heavy (non-hydrogen) atoms. The van der Waals surface area contributed by atoms with Gasteiger partial charge in [-0.3, -0.25) is 0 Å². The Balaban J connectivity index is 0.000000157. The molecule has 0 radical (unpaired) electrons. The Labute approximate surface area is 295 Å². The first-order valence-corrected chi connectivity index (χ1v) is 18.5. The number of phenols is 2. The maximum atomic E-state index is 10.6. The fraction of sp³-hybridized carbons (Fsp3) is 0.650. The van der Waals surface area contributed by atoms with Crippen molar-refractivity contribution in [2.75, 3.05) is 28.4 Å². The van der Waals surface area contributed by atoms with Crippen molar-refractivity contribution in [1.82, 2.24) is 5.43 Å². The van der Waals surface area contributed by atoms with Crippen molar-refractivity contribution in [3.63, 3.8) is 0 Å². The second kappa shape index (κ2) is 13.2. The number of benzene rings is 2. The zero-order valence-electron chi connectivity index (χ0n) is 30.4. The molecule has 0 spiro atoms. The van der Waals surface area contributed by atoms with E-state index in [2.05, 4.69) is 29.5 Å². The van der Waals surface area contributed by atoms with Gasteiger partial charge in [0.25, 0.3) is 0 Å². The lowest BCUT2D eigenvalue weighted by atomic mass is 9.55. The molecule has 0 saturated heterocycles. The Morgan fingerprint density at radius 2 is 1.14 bits per heavy atom. The van der Waals surface area contributed by atoms with E-state index in [0.717, 1.165) is 86.8 Å². The predicted molar refractivity (Wildman–Crippen MR) is 192 cm³/mol. The number of ether oxygens (including phenoxy) is 2. The van der Waals surface area contributed by atoms with Crippen LogP contribution in [0.5, 0.6) is 23.0 Å². The third-order valence-electron chi connectivity index (χ3n) is 14.2. The molecule has 10 heteroatoms. The molecule has 0 aliphatic heterocycles. The monoisotopic (exact) mass is 689 g/mol. The maximum absolute atomic E-state index is 10.6. The SMILES string of the molecule is CN/N=C1\CC2C(CC[C@]3(C)C(O)CCC23)c2cc(OC)c(O)cc21.CO/N=C1/CC2C(CC[C@]3(C)C(O)CCC23)c2cc(OC)c(O)cc21. The highest BCUT2D eigenvalue weighted by Gasteiger charge is 2.56. The van der Waals surface area contributed by atoms with Gasteiger partial charge in [-0.1, -0.05) is 19.0 Å². The lowest BCUT2D eigenvalue weighted by Gasteiger charge is -2.50. The minimum absolute atomic E-state index is 0.0118. The van der Waals surface area contributed by atoms with Gasteiger partial charge in [0.05, 0.1) is 37.9 Å². The van der Waals surface area contributed by atoms with Crippen molar-refractivity contribution in [3.8, 4) is 23.0 Å². The molecule has 2 aromatic rings. The number of nitrogens with zero attached hydrogens (tertiary/aromatic N) is 2. The van der Waals surface area contributed by atoms with Gasteiger partial charge in [-0.2, -0.15) is 5.10 Å². The summed E-state index contributed by atoms with van der Waals surface area (Å²) in [7, 11) is 6.55. The summed E-state index contributed by atoms with van der Waals surface area (Å²) in [5, 5.41) is 50.4. The number of phenolic OH excluding ortho intramolecular Hbond substituents is 2. The van der Waals surface area contributed by atoms with E-state index in [4.69, 9.17) is 14.3 Å². The molecular formula is C40H55N3O7. The molecule has 8 unspecified atom stereocenters. The lowest BCUT2D eigenvalue weighted by Crippen LogP contribution is -2.45. The van der Waals surface area contributed by atoms with Gasteiger partial charge in [0.2, 0.25) is 0 Å². The van der Waals surface area contributed by atoms with Crippen LogP contribution in [-0.2, 0) is 4.84 Å². The zero-order chi connectivity index (χ0) is 35.5. The first-order chi connectivity index (χ1) is 24.0. The first-order valence-electron chi connectivity index (χ1n) is 18.5. The molecule has 8 rings (SSSR count). The molecule has 4 saturated carbocycles. The Morgan fingerprint density at radius 1 is 0.680 bits per heavy atom. The first kappa shape index (κ1) is 34.9. The van der Waals surface area contributed by atoms with Gasteiger partial charge in [-0.15, -0.1) is 0 Å². The number of methoxy groups -OCH3 is 2. The van der Waals surface area contributed by atoms with Crippen LogP contribution in [0.15, 0.2) is 34.5 Å². The summed E-state index contributed by atoms with van der Waals surface area (Å²) in [6, 6.07) is 7.54. The van der Waals surface area contributed by atoms with Crippen molar-refractivity contribution >= 4 is 11.4 Å². The number of aliphatic hydroxyl groups excluding tert-OH is 2. The summed E-state index contributed by atoms with van der Waals surface area (Å²) in [6.45, 7) is 4.53. The van der Waals surface area contributed by atoms with E-state index < -0.39 is 0 Å². The van der Waals surface area contributed by atoms with Gasteiger partial charge in [0.15, 0.2) is 23.0 Å². The highest BCUT2D eigenvalue weighted by molar-refractivity contribution is 6.04. The molecular weight excluding hydrogens is 634 g/mol. The second-order valence-electron chi connectivity index (χ2n) is 16.2. The van der Waals surface area contributed by atoms with Crippen LogP contribution in [0.4, 0.5) is 0 Å². The Morgan fingerprint density at radius 3 is 1.58 bits per heavy atom. The van der Waals surface area contributed by atoms with E-state index in [1.165, 1.54) is 11.1 Å². The van der Waals surface area contributed by atoms with Crippen LogP contribution >= 0.6 is 0 Å². The van der Waals surface area contributed by atoms with Gasteiger partial charge in [0, 0.05) is 18.2 Å². The minimum Gasteiger partial charge on any atom is -0.504 e. The molecule has 0 amide bonds. The quantitative estimate of drug-likeness (QED) is 0.231. The van der Waals surface area contributed by atoms with Crippen molar-refractivity contribution in [2.45, 2.75) is 102 Å². The number of fused-ring (bicyclic) bond motifs is 10. The number of hydrazone groups is 1. The Hall–Kier alpha value is -3.50. The molecule has 0 aromatic heterocycles. The van der Waals surface area contributed by atoms with Crippen LogP contribution in [0.2, 0.25) is 0 Å². The van der Waals surface area contributed by atoms with E-state index >= 15 is 0 Å². The summed E-state index contributed by atoms with van der Waals surface area (Å²) in [5.74, 6) is 4.18. The zero-order valence-corrected chi connectivity index (χ0v) is 30.4. The fourth-order valence-corrected chi connectivity index (χ4v) is 11.6. The topological polar surface area (TPSA) is 145 Å². The lowest BCUT2D eigenvalue weighted by molar-refractivity contribution is -0.0179. The number of oxime groups is 1. The summed E-state index contributed by atoms with van der Waals surface area (Å²) in [6.07, 6.45) is 9.55. The van der Waals surface area contributed by atoms with E-state index in [0.29, 0.717) is 47.0 Å². The van der Waals surface area contributed by atoms with Gasteiger partial charge in [0.1, 0.15) is 7.11 Å². The largest absolute Gasteiger partial charge is 0.504 e. The van der Waals surface area contributed by atoms with Crippen molar-refractivity contribution in [3.05, 3.63) is 46.5 Å². The van der Waals surface area contributed by atoms with Crippen molar-refractivity contribution in [1.29, 1.82) is 0 Å². The number of hydrogen-bond donors (Lipinski definition) is 5. The molecule has 10 atom stereocenters. The molecule has 0 heterocycles. The minimum atomic E-state index is -0.197. The number of aromatic hydroxyl groups is 2. The molecule has 6 aliphatic carbocycles. The Bertz CT molecular complexity index is 1550. The van der Waals surface area contributed by atoms with Gasteiger partial charge >= 0.3 is 0 Å². The van der Waals surface area contributed by atoms with Gasteiger partial charge in [-0.25, -0.2) is 0 Å². The summed E-state index contributed by atoms with van der Waals surface area (Å²) < 4.78 is 10.7. The highest BCUT2D eigenvalue weighted by atomic mass is 16.6. The number of nitrogens with one attached hydrogen (secondary N) is 1. The van der Waals surface area contributed by atoms with Crippen LogP contribution in [0.3, 0.4) is 0 Å². The van der Waals surface area contributed by atoms with Crippen LogP contribution in [0.1, 0.15) is 112 Å². The number of rotatable bonds is 4. The average Bonchev–Trinajstić information content (AvgIpc) is 3.58. The highest BCUT2D eigenvalue weighted by Crippen LogP contribution is 2.63. The number of hydrogen-bond acceptors (Lipinski definition) is 10. The molecule has 272 valence electrons. The molecule has 10 nitrogen and oxygen atoms in total. The van der Waals surface area contributed by atoms with E-state index in [9.17, 15) is 20.4 Å². The third-order valence-corrected chi connectivity index (χ3v) is 14.2. The standard InChI is InChI=1S/C20H28N2O3.C20H27NO4/c1-20-7-6-11-12-10-18(25-3)17(23)9-14(12)16(22-21-2)8-13(11)15(20)4-5-19(20)24;1-20-7-6-11-12-10-18(24-2)17(22)9-14(12)16(21-25-3)8-13(11)15(20)4-5-19(20)23/h9-11,13,15,19,21,23-24H,4-8H2,1-3H3;9-11,13,15,19,22-23H,4-8H2,1-3H3/b22-16+;21-16-/t2*11?,13?,15?,19?,20-/m00/s1. The van der Waals surface area contributed by atoms with Crippen LogP contribution in [-0.4, -0.2) is 72.4 Å². The van der Waals surface area contributed by atoms with Crippen LogP contribution in [0, 0.1) is 34.5 Å². The molecule has 2 aromatic carbocycles. The average molecular weight is 690 g/mol. The molecule has 4 fully saturated rings. The number of aliphatic hydroxyl groups is 2. The fourth-order valence-electron chi connectivity index (χ4n) is 11.6. The molecule has 6 aliphatic rings. The third kappa shape index (κ3) is 5.43. The molecule has 0 bridgehead atoms. The molecule has 5 N–H and O–H groups in total. The summed E-state index contributed by atoms with van der Waals surface area (Å²) in [5.41, 5.74) is 9.31. The Kier molecular flexibility index (Phi) is 9.25. The van der Waals surface area contributed by atoms with Gasteiger partial charge in [-0.05, 0) is 146 Å².